The molecule has 0 unspecified atom stereocenters. The predicted octanol–water partition coefficient (Wildman–Crippen LogP) is 3.12. The van der Waals surface area contributed by atoms with E-state index in [1.165, 1.54) is 22.5 Å². The minimum atomic E-state index is -3.74. The van der Waals surface area contributed by atoms with Gasteiger partial charge in [-0.15, -0.1) is 0 Å². The van der Waals surface area contributed by atoms with E-state index < -0.39 is 15.8 Å². The summed E-state index contributed by atoms with van der Waals surface area (Å²) in [6.07, 6.45) is 1.63. The highest BCUT2D eigenvalue weighted by Gasteiger charge is 2.25. The van der Waals surface area contributed by atoms with Gasteiger partial charge in [-0.3, -0.25) is 9.29 Å². The van der Waals surface area contributed by atoms with E-state index in [9.17, 15) is 13.2 Å². The summed E-state index contributed by atoms with van der Waals surface area (Å²) in [7, 11) is -3.74. The Balaban J connectivity index is 2.07. The summed E-state index contributed by atoms with van der Waals surface area (Å²) < 4.78 is 32.5. The van der Waals surface area contributed by atoms with Gasteiger partial charge in [-0.2, -0.15) is 0 Å². The van der Waals surface area contributed by atoms with Crippen LogP contribution in [0.1, 0.15) is 19.8 Å². The molecule has 1 N–H and O–H groups in total. The van der Waals surface area contributed by atoms with Crippen molar-refractivity contribution in [2.24, 2.45) is 0 Å². The predicted molar refractivity (Wildman–Crippen MR) is 92.7 cm³/mol. The molecule has 2 aromatic carbocycles. The first kappa shape index (κ1) is 16.3. The van der Waals surface area contributed by atoms with Gasteiger partial charge in [0.05, 0.1) is 16.1 Å². The van der Waals surface area contributed by atoms with Crippen LogP contribution in [0, 0.1) is 0 Å². The van der Waals surface area contributed by atoms with Crippen LogP contribution in [0.3, 0.4) is 0 Å². The van der Waals surface area contributed by atoms with Crippen molar-refractivity contribution in [2.75, 3.05) is 10.8 Å². The van der Waals surface area contributed by atoms with Crippen LogP contribution in [0.5, 0.6) is 0 Å². The SMILES string of the molecule is CCCCN(c1ccccc1)S(=O)(=O)c1ccc2oc(=O)[nH]c2c1. The van der Waals surface area contributed by atoms with Gasteiger partial charge in [-0.25, -0.2) is 13.2 Å². The number of benzene rings is 2. The highest BCUT2D eigenvalue weighted by Crippen LogP contribution is 2.25. The number of sulfonamides is 1. The van der Waals surface area contributed by atoms with Crippen molar-refractivity contribution in [3.05, 3.63) is 59.1 Å². The minimum Gasteiger partial charge on any atom is -0.408 e. The first-order valence-electron chi connectivity index (χ1n) is 7.73. The number of oxazole rings is 1. The number of hydrogen-bond acceptors (Lipinski definition) is 4. The third kappa shape index (κ3) is 3.07. The molecule has 0 atom stereocenters. The highest BCUT2D eigenvalue weighted by atomic mass is 32.2. The molecule has 0 radical (unpaired) electrons. The van der Waals surface area contributed by atoms with E-state index in [1.54, 1.807) is 24.3 Å². The third-order valence-electron chi connectivity index (χ3n) is 3.74. The summed E-state index contributed by atoms with van der Waals surface area (Å²) in [5, 5.41) is 0. The highest BCUT2D eigenvalue weighted by molar-refractivity contribution is 7.92. The molecule has 0 aliphatic rings. The standard InChI is InChI=1S/C17H18N2O4S/c1-2-3-11-19(13-7-5-4-6-8-13)24(21,22)14-9-10-16-15(12-14)18-17(20)23-16/h4-10,12H,2-3,11H2,1H3,(H,18,20). The molecule has 0 spiro atoms. The minimum absolute atomic E-state index is 0.118. The number of rotatable bonds is 6. The number of aromatic nitrogens is 1. The molecule has 0 amide bonds. The number of fused-ring (bicyclic) bond motifs is 1. The Morgan fingerprint density at radius 1 is 1.12 bits per heavy atom. The smallest absolute Gasteiger partial charge is 0.408 e. The summed E-state index contributed by atoms with van der Waals surface area (Å²) in [6.45, 7) is 2.40. The normalized spacial score (nSPS) is 11.7. The molecule has 6 nitrogen and oxygen atoms in total. The summed E-state index contributed by atoms with van der Waals surface area (Å²) in [5.41, 5.74) is 1.31. The first-order valence-corrected chi connectivity index (χ1v) is 9.17. The van der Waals surface area contributed by atoms with Crippen LogP contribution >= 0.6 is 0 Å². The molecule has 7 heteroatoms. The second-order valence-electron chi connectivity index (χ2n) is 5.44. The molecule has 24 heavy (non-hydrogen) atoms. The van der Waals surface area contributed by atoms with Gasteiger partial charge in [0.25, 0.3) is 10.0 Å². The monoisotopic (exact) mass is 346 g/mol. The molecule has 0 aliphatic heterocycles. The van der Waals surface area contributed by atoms with E-state index in [1.807, 2.05) is 13.0 Å². The quantitative estimate of drug-likeness (QED) is 0.743. The molecule has 3 aromatic rings. The molecule has 3 rings (SSSR count). The molecule has 126 valence electrons. The number of para-hydroxylation sites is 1. The van der Waals surface area contributed by atoms with Crippen LogP contribution in [0.15, 0.2) is 62.6 Å². The van der Waals surface area contributed by atoms with E-state index >= 15 is 0 Å². The fraction of sp³-hybridized carbons (Fsp3) is 0.235. The zero-order valence-corrected chi connectivity index (χ0v) is 14.0. The van der Waals surface area contributed by atoms with Crippen molar-refractivity contribution in [3.63, 3.8) is 0 Å². The summed E-state index contributed by atoms with van der Waals surface area (Å²) in [4.78, 5) is 13.9. The molecule has 0 fully saturated rings. The van der Waals surface area contributed by atoms with Gasteiger partial charge in [-0.1, -0.05) is 31.5 Å². The molecule has 0 aliphatic carbocycles. The van der Waals surface area contributed by atoms with E-state index in [4.69, 9.17) is 4.42 Å². The Hall–Kier alpha value is -2.54. The molecule has 0 saturated carbocycles. The van der Waals surface area contributed by atoms with Gasteiger partial charge >= 0.3 is 5.76 Å². The Labute approximate surface area is 139 Å². The Kier molecular flexibility index (Phi) is 4.44. The number of hydrogen-bond donors (Lipinski definition) is 1. The lowest BCUT2D eigenvalue weighted by Gasteiger charge is -2.24. The fourth-order valence-electron chi connectivity index (χ4n) is 2.50. The van der Waals surface area contributed by atoms with Crippen molar-refractivity contribution in [1.29, 1.82) is 0 Å². The number of nitrogens with zero attached hydrogens (tertiary/aromatic N) is 1. The molecule has 1 heterocycles. The number of H-pyrrole nitrogens is 1. The van der Waals surface area contributed by atoms with E-state index in [0.717, 1.165) is 12.8 Å². The number of nitrogens with one attached hydrogen (secondary N) is 1. The second kappa shape index (κ2) is 6.52. The van der Waals surface area contributed by atoms with Crippen LogP contribution in [-0.4, -0.2) is 19.9 Å². The molecule has 0 bridgehead atoms. The lowest BCUT2D eigenvalue weighted by Crippen LogP contribution is -2.32. The van der Waals surface area contributed by atoms with Crippen LogP contribution < -0.4 is 10.1 Å². The van der Waals surface area contributed by atoms with Gasteiger partial charge in [-0.05, 0) is 36.8 Å². The average molecular weight is 346 g/mol. The largest absolute Gasteiger partial charge is 0.417 e. The van der Waals surface area contributed by atoms with Crippen molar-refractivity contribution in [1.82, 2.24) is 4.98 Å². The fourth-order valence-corrected chi connectivity index (χ4v) is 4.03. The topological polar surface area (TPSA) is 83.4 Å². The van der Waals surface area contributed by atoms with Crippen molar-refractivity contribution >= 4 is 26.8 Å². The second-order valence-corrected chi connectivity index (χ2v) is 7.30. The van der Waals surface area contributed by atoms with E-state index in [-0.39, 0.29) is 4.90 Å². The van der Waals surface area contributed by atoms with Crippen molar-refractivity contribution in [3.8, 4) is 0 Å². The molecular weight excluding hydrogens is 328 g/mol. The van der Waals surface area contributed by atoms with Gasteiger partial charge in [0, 0.05) is 6.54 Å². The van der Waals surface area contributed by atoms with Gasteiger partial charge < -0.3 is 4.42 Å². The maximum atomic E-state index is 13.1. The number of unbranched alkanes of at least 4 members (excludes halogenated alkanes) is 1. The summed E-state index contributed by atoms with van der Waals surface area (Å²) in [6, 6.07) is 13.4. The molecular formula is C17H18N2O4S. The Bertz CT molecular complexity index is 990. The van der Waals surface area contributed by atoms with E-state index in [0.29, 0.717) is 23.3 Å². The lowest BCUT2D eigenvalue weighted by molar-refractivity contribution is 0.555. The van der Waals surface area contributed by atoms with Crippen LogP contribution in [0.4, 0.5) is 5.69 Å². The summed E-state index contributed by atoms with van der Waals surface area (Å²) >= 11 is 0. The molecule has 0 saturated heterocycles. The maximum Gasteiger partial charge on any atom is 0.417 e. The van der Waals surface area contributed by atoms with Crippen LogP contribution in [0.25, 0.3) is 11.1 Å². The first-order chi connectivity index (χ1) is 11.5. The zero-order chi connectivity index (χ0) is 17.2. The lowest BCUT2D eigenvalue weighted by atomic mass is 10.3. The van der Waals surface area contributed by atoms with Crippen LogP contribution in [0.2, 0.25) is 0 Å². The van der Waals surface area contributed by atoms with Gasteiger partial charge in [0.15, 0.2) is 5.58 Å². The van der Waals surface area contributed by atoms with Gasteiger partial charge in [0.2, 0.25) is 0 Å². The molecule has 1 aromatic heterocycles. The Morgan fingerprint density at radius 3 is 2.58 bits per heavy atom. The van der Waals surface area contributed by atoms with Crippen molar-refractivity contribution < 1.29 is 12.8 Å². The number of aromatic amines is 1. The maximum absolute atomic E-state index is 13.1. The van der Waals surface area contributed by atoms with E-state index in [2.05, 4.69) is 4.98 Å². The Morgan fingerprint density at radius 2 is 1.88 bits per heavy atom. The van der Waals surface area contributed by atoms with Crippen molar-refractivity contribution in [2.45, 2.75) is 24.7 Å². The summed E-state index contributed by atoms with van der Waals surface area (Å²) in [5.74, 6) is -0.606. The van der Waals surface area contributed by atoms with Gasteiger partial charge in [0.1, 0.15) is 0 Å². The number of anilines is 1. The van der Waals surface area contributed by atoms with Crippen LogP contribution in [-0.2, 0) is 10.0 Å². The zero-order valence-electron chi connectivity index (χ0n) is 13.2. The third-order valence-corrected chi connectivity index (χ3v) is 5.56. The average Bonchev–Trinajstić information content (AvgIpc) is 2.95.